The summed E-state index contributed by atoms with van der Waals surface area (Å²) in [5.74, 6) is -0.342. The second kappa shape index (κ2) is 10.7. The van der Waals surface area contributed by atoms with Crippen LogP contribution >= 0.6 is 11.3 Å². The highest BCUT2D eigenvalue weighted by Crippen LogP contribution is 2.34. The van der Waals surface area contributed by atoms with Crippen molar-refractivity contribution in [2.45, 2.75) is 51.2 Å². The van der Waals surface area contributed by atoms with Gasteiger partial charge in [-0.3, -0.25) is 9.20 Å². The van der Waals surface area contributed by atoms with Crippen molar-refractivity contribution >= 4 is 32.4 Å². The number of thiazole rings is 1. The third-order valence-electron chi connectivity index (χ3n) is 7.94. The average molecular weight is 538 g/mol. The molecule has 0 bridgehead atoms. The van der Waals surface area contributed by atoms with Gasteiger partial charge in [-0.1, -0.05) is 17.4 Å². The lowest BCUT2D eigenvalue weighted by Crippen LogP contribution is -2.36. The van der Waals surface area contributed by atoms with Crippen LogP contribution in [0.15, 0.2) is 36.5 Å². The third kappa shape index (κ3) is 4.95. The van der Waals surface area contributed by atoms with Crippen molar-refractivity contribution in [2.75, 3.05) is 32.7 Å². The fraction of sp³-hybridized carbons (Fsp3) is 0.448. The molecule has 0 radical (unpaired) electrons. The van der Waals surface area contributed by atoms with Crippen molar-refractivity contribution < 1.29 is 13.6 Å². The minimum absolute atomic E-state index is 0.0856. The zero-order valence-electron chi connectivity index (χ0n) is 21.6. The molecule has 2 aliphatic heterocycles. The van der Waals surface area contributed by atoms with E-state index in [2.05, 4.69) is 15.5 Å². The first-order chi connectivity index (χ1) is 18.5. The number of likely N-dealkylation sites (tertiary alicyclic amines) is 1. The Morgan fingerprint density at radius 1 is 1.21 bits per heavy atom. The molecule has 6 rings (SSSR count). The van der Waals surface area contributed by atoms with Gasteiger partial charge in [0.2, 0.25) is 0 Å². The lowest BCUT2D eigenvalue weighted by Gasteiger charge is -2.28. The van der Waals surface area contributed by atoms with E-state index in [1.807, 2.05) is 41.8 Å². The Bertz CT molecular complexity index is 1470. The molecule has 0 spiro atoms. The number of hydrogen-bond acceptors (Lipinski definition) is 5. The maximum Gasteiger partial charge on any atom is 0.251 e. The SMILES string of the molecule is Cc1c(C(=O)NCCCN2CCC(F)CC2)ccc2c1sc1nc(-c3ccc([C@H]4CCCN4)cc3F)cn12. The first-order valence-corrected chi connectivity index (χ1v) is 14.4. The number of benzene rings is 2. The summed E-state index contributed by atoms with van der Waals surface area (Å²) >= 11 is 1.51. The maximum absolute atomic E-state index is 15.1. The van der Waals surface area contributed by atoms with E-state index in [9.17, 15) is 9.18 Å². The van der Waals surface area contributed by atoms with E-state index in [4.69, 9.17) is 4.98 Å². The monoisotopic (exact) mass is 537 g/mol. The Labute approximate surface area is 225 Å². The van der Waals surface area contributed by atoms with Crippen LogP contribution in [0.1, 0.15) is 59.6 Å². The third-order valence-corrected chi connectivity index (χ3v) is 9.13. The lowest BCUT2D eigenvalue weighted by atomic mass is 10.0. The van der Waals surface area contributed by atoms with Crippen LogP contribution in [0, 0.1) is 12.7 Å². The molecule has 0 unspecified atom stereocenters. The number of halogens is 2. The molecule has 4 aromatic rings. The van der Waals surface area contributed by atoms with E-state index >= 15 is 4.39 Å². The first-order valence-electron chi connectivity index (χ1n) is 13.6. The molecular formula is C29H33F2N5OS. The number of nitrogens with zero attached hydrogens (tertiary/aromatic N) is 3. The quantitative estimate of drug-likeness (QED) is 0.300. The van der Waals surface area contributed by atoms with E-state index in [1.54, 1.807) is 6.07 Å². The highest BCUT2D eigenvalue weighted by Gasteiger charge is 2.21. The normalized spacial score (nSPS) is 19.1. The number of aryl methyl sites for hydroxylation is 1. The second-order valence-corrected chi connectivity index (χ2v) is 11.5. The molecule has 2 saturated heterocycles. The van der Waals surface area contributed by atoms with Crippen molar-refractivity contribution in [1.29, 1.82) is 0 Å². The summed E-state index contributed by atoms with van der Waals surface area (Å²) in [6.07, 6.45) is 5.42. The fourth-order valence-electron chi connectivity index (χ4n) is 5.72. The summed E-state index contributed by atoms with van der Waals surface area (Å²) in [6, 6.07) is 9.48. The predicted molar refractivity (Wildman–Crippen MR) is 148 cm³/mol. The van der Waals surface area contributed by atoms with E-state index < -0.39 is 6.17 Å². The van der Waals surface area contributed by atoms with Crippen LogP contribution in [0.25, 0.3) is 26.4 Å². The van der Waals surface area contributed by atoms with Crippen LogP contribution in [0.5, 0.6) is 0 Å². The first kappa shape index (κ1) is 25.4. The molecule has 1 amide bonds. The molecule has 1 atom stereocenters. The van der Waals surface area contributed by atoms with E-state index in [0.717, 1.165) is 71.7 Å². The largest absolute Gasteiger partial charge is 0.352 e. The highest BCUT2D eigenvalue weighted by molar-refractivity contribution is 7.23. The van der Waals surface area contributed by atoms with Crippen LogP contribution < -0.4 is 10.6 Å². The number of carbonyl (C=O) groups excluding carboxylic acids is 1. The van der Waals surface area contributed by atoms with E-state index in [0.29, 0.717) is 36.2 Å². The maximum atomic E-state index is 15.1. The smallest absolute Gasteiger partial charge is 0.251 e. The summed E-state index contributed by atoms with van der Waals surface area (Å²) in [6.45, 7) is 5.99. The van der Waals surface area contributed by atoms with Gasteiger partial charge in [-0.2, -0.15) is 0 Å². The molecule has 2 aliphatic rings. The molecule has 0 saturated carbocycles. The van der Waals surface area contributed by atoms with Gasteiger partial charge in [-0.25, -0.2) is 13.8 Å². The molecule has 2 N–H and O–H groups in total. The Morgan fingerprint density at radius 2 is 2.05 bits per heavy atom. The van der Waals surface area contributed by atoms with Gasteiger partial charge < -0.3 is 15.5 Å². The summed E-state index contributed by atoms with van der Waals surface area (Å²) in [5.41, 5.74) is 4.62. The van der Waals surface area contributed by atoms with Crippen molar-refractivity contribution in [3.05, 3.63) is 59.0 Å². The Morgan fingerprint density at radius 3 is 2.82 bits per heavy atom. The molecule has 4 heterocycles. The number of piperidine rings is 1. The molecular weight excluding hydrogens is 504 g/mol. The summed E-state index contributed by atoms with van der Waals surface area (Å²) in [7, 11) is 0. The number of hydrogen-bond donors (Lipinski definition) is 2. The van der Waals surface area contributed by atoms with Gasteiger partial charge >= 0.3 is 0 Å². The van der Waals surface area contributed by atoms with E-state index in [-0.39, 0.29) is 17.8 Å². The van der Waals surface area contributed by atoms with Gasteiger partial charge in [0.05, 0.1) is 15.9 Å². The number of imidazole rings is 1. The number of carbonyl (C=O) groups is 1. The molecule has 2 aromatic carbocycles. The van der Waals surface area contributed by atoms with Crippen molar-refractivity contribution in [3.8, 4) is 11.3 Å². The number of rotatable bonds is 7. The van der Waals surface area contributed by atoms with Gasteiger partial charge in [0, 0.05) is 43.0 Å². The Kier molecular flexibility index (Phi) is 7.16. The van der Waals surface area contributed by atoms with Gasteiger partial charge in [0.25, 0.3) is 5.91 Å². The van der Waals surface area contributed by atoms with Crippen LogP contribution in [-0.4, -0.2) is 59.1 Å². The zero-order chi connectivity index (χ0) is 26.2. The van der Waals surface area contributed by atoms with Crippen LogP contribution in [0.4, 0.5) is 8.78 Å². The molecule has 200 valence electrons. The topological polar surface area (TPSA) is 61.7 Å². The van der Waals surface area contributed by atoms with E-state index in [1.165, 1.54) is 11.3 Å². The van der Waals surface area contributed by atoms with Crippen molar-refractivity contribution in [1.82, 2.24) is 24.9 Å². The minimum atomic E-state index is -0.665. The Hall–Kier alpha value is -2.88. The second-order valence-electron chi connectivity index (χ2n) is 10.5. The highest BCUT2D eigenvalue weighted by atomic mass is 32.1. The van der Waals surface area contributed by atoms with Gasteiger partial charge in [0.1, 0.15) is 12.0 Å². The number of alkyl halides is 1. The summed E-state index contributed by atoms with van der Waals surface area (Å²) in [5, 5.41) is 6.46. The molecule has 38 heavy (non-hydrogen) atoms. The zero-order valence-corrected chi connectivity index (χ0v) is 22.4. The van der Waals surface area contributed by atoms with Crippen LogP contribution in [-0.2, 0) is 0 Å². The summed E-state index contributed by atoms with van der Waals surface area (Å²) < 4.78 is 31.3. The molecule has 2 aromatic heterocycles. The van der Waals surface area contributed by atoms with Crippen molar-refractivity contribution in [2.24, 2.45) is 0 Å². The minimum Gasteiger partial charge on any atom is -0.352 e. The molecule has 9 heteroatoms. The molecule has 0 aliphatic carbocycles. The fourth-order valence-corrected chi connectivity index (χ4v) is 6.83. The van der Waals surface area contributed by atoms with Crippen molar-refractivity contribution in [3.63, 3.8) is 0 Å². The number of nitrogens with one attached hydrogen (secondary N) is 2. The summed E-state index contributed by atoms with van der Waals surface area (Å²) in [4.78, 5) is 20.7. The lowest BCUT2D eigenvalue weighted by molar-refractivity contribution is 0.0949. The molecule has 2 fully saturated rings. The van der Waals surface area contributed by atoms with Gasteiger partial charge in [0.15, 0.2) is 4.96 Å². The van der Waals surface area contributed by atoms with Crippen LogP contribution in [0.2, 0.25) is 0 Å². The molecule has 6 nitrogen and oxygen atoms in total. The van der Waals surface area contributed by atoms with Gasteiger partial charge in [-0.15, -0.1) is 0 Å². The average Bonchev–Trinajstić information content (AvgIpc) is 3.65. The number of fused-ring (bicyclic) bond motifs is 3. The van der Waals surface area contributed by atoms with Gasteiger partial charge in [-0.05, 0) is 87.5 Å². The van der Waals surface area contributed by atoms with Crippen LogP contribution in [0.3, 0.4) is 0 Å². The Balaban J connectivity index is 1.15. The standard InChI is InChI=1S/C29H33F2N5OS/c1-18-21(28(37)33-12-3-13-35-14-9-20(30)10-15-35)7-8-26-27(18)38-29-34-25(17-36(26)29)22-6-5-19(16-23(22)31)24-4-2-11-32-24/h5-8,16-17,20,24,32H,2-4,9-15H2,1H3,(H,33,37)/t24-/m1/s1. The predicted octanol–water partition coefficient (Wildman–Crippen LogP) is 5.64. The number of amides is 1. The number of aromatic nitrogens is 2.